The van der Waals surface area contributed by atoms with E-state index < -0.39 is 0 Å². The van der Waals surface area contributed by atoms with Gasteiger partial charge in [0.25, 0.3) is 0 Å². The van der Waals surface area contributed by atoms with Gasteiger partial charge in [0.05, 0.1) is 13.2 Å². The van der Waals surface area contributed by atoms with Gasteiger partial charge in [0.2, 0.25) is 0 Å². The average molecular weight is 328 g/mol. The van der Waals surface area contributed by atoms with E-state index in [1.807, 2.05) is 46.0 Å². The Morgan fingerprint density at radius 3 is 1.71 bits per heavy atom. The third-order valence-electron chi connectivity index (χ3n) is 0.443. The van der Waals surface area contributed by atoms with Crippen molar-refractivity contribution in [3.63, 3.8) is 0 Å². The lowest BCUT2D eigenvalue weighted by atomic mass is 10.5. The Kier molecular flexibility index (Phi) is 8.83. The molecule has 0 aromatic rings. The second-order valence-corrected chi connectivity index (χ2v) is 2.23. The summed E-state index contributed by atoms with van der Waals surface area (Å²) in [7, 11) is 0. The monoisotopic (exact) mass is 328 g/mol. The maximum absolute atomic E-state index is 4.73. The SMILES string of the molecule is IOCCCOI. The molecule has 0 saturated heterocycles. The van der Waals surface area contributed by atoms with E-state index in [0.29, 0.717) is 0 Å². The van der Waals surface area contributed by atoms with Crippen LogP contribution in [0.5, 0.6) is 0 Å². The van der Waals surface area contributed by atoms with Crippen molar-refractivity contribution in [2.45, 2.75) is 6.42 Å². The fraction of sp³-hybridized carbons (Fsp3) is 1.00. The maximum Gasteiger partial charge on any atom is 0.109 e. The molecule has 0 aliphatic rings. The highest BCUT2D eigenvalue weighted by Gasteiger charge is 1.82. The molecule has 2 nitrogen and oxygen atoms in total. The van der Waals surface area contributed by atoms with Crippen molar-refractivity contribution in [3.05, 3.63) is 0 Å². The third-order valence-corrected chi connectivity index (χ3v) is 1.32. The molecule has 0 amide bonds. The minimum atomic E-state index is 0.781. The molecule has 0 fully saturated rings. The van der Waals surface area contributed by atoms with Gasteiger partial charge in [-0.2, -0.15) is 0 Å². The van der Waals surface area contributed by atoms with Crippen LogP contribution in [-0.4, -0.2) is 13.2 Å². The van der Waals surface area contributed by atoms with Crippen LogP contribution in [0.1, 0.15) is 6.42 Å². The minimum Gasteiger partial charge on any atom is -0.316 e. The molecule has 0 aromatic carbocycles. The van der Waals surface area contributed by atoms with E-state index >= 15 is 0 Å². The zero-order valence-corrected chi connectivity index (χ0v) is 8.01. The Labute approximate surface area is 71.3 Å². The molecular formula is C3H6I2O2. The number of halogens is 2. The van der Waals surface area contributed by atoms with Gasteiger partial charge in [0, 0.05) is 0 Å². The van der Waals surface area contributed by atoms with Gasteiger partial charge in [-0.15, -0.1) is 0 Å². The van der Waals surface area contributed by atoms with Crippen LogP contribution in [0.4, 0.5) is 0 Å². The first kappa shape index (κ1) is 8.38. The van der Waals surface area contributed by atoms with Gasteiger partial charge < -0.3 is 6.13 Å². The fourth-order valence-corrected chi connectivity index (χ4v) is 0.791. The summed E-state index contributed by atoms with van der Waals surface area (Å²) in [5.74, 6) is 0. The zero-order valence-electron chi connectivity index (χ0n) is 3.69. The van der Waals surface area contributed by atoms with Gasteiger partial charge in [0.1, 0.15) is 46.0 Å². The van der Waals surface area contributed by atoms with Crippen molar-refractivity contribution in [2.75, 3.05) is 13.2 Å². The molecular weight excluding hydrogens is 322 g/mol. The molecule has 0 aromatic heterocycles. The number of hydrogen-bond acceptors (Lipinski definition) is 2. The van der Waals surface area contributed by atoms with Crippen LogP contribution < -0.4 is 0 Å². The maximum atomic E-state index is 4.73. The van der Waals surface area contributed by atoms with Crippen LogP contribution in [0, 0.1) is 0 Å². The van der Waals surface area contributed by atoms with Crippen molar-refractivity contribution in [2.24, 2.45) is 0 Å². The molecule has 7 heavy (non-hydrogen) atoms. The van der Waals surface area contributed by atoms with E-state index in [9.17, 15) is 0 Å². The summed E-state index contributed by atoms with van der Waals surface area (Å²) in [5, 5.41) is 0. The molecule has 0 aliphatic heterocycles. The molecule has 0 N–H and O–H groups in total. The summed E-state index contributed by atoms with van der Waals surface area (Å²) < 4.78 is 9.46. The molecule has 0 aliphatic carbocycles. The van der Waals surface area contributed by atoms with Gasteiger partial charge in [-0.1, -0.05) is 0 Å². The summed E-state index contributed by atoms with van der Waals surface area (Å²) in [6, 6.07) is 0. The quantitative estimate of drug-likeness (QED) is 0.581. The van der Waals surface area contributed by atoms with E-state index in [1.165, 1.54) is 0 Å². The van der Waals surface area contributed by atoms with Crippen LogP contribution in [-0.2, 0) is 6.13 Å². The molecule has 0 spiro atoms. The standard InChI is InChI=1S/C3H6I2O2/c4-6-2-1-3-7-5/h1-3H2. The topological polar surface area (TPSA) is 18.5 Å². The van der Waals surface area contributed by atoms with Crippen LogP contribution in [0.15, 0.2) is 0 Å². The lowest BCUT2D eigenvalue weighted by Gasteiger charge is -1.90. The molecule has 0 rings (SSSR count). The van der Waals surface area contributed by atoms with Crippen LogP contribution in [0.25, 0.3) is 0 Å². The smallest absolute Gasteiger partial charge is 0.109 e. The van der Waals surface area contributed by atoms with Crippen LogP contribution in [0.2, 0.25) is 0 Å². The second kappa shape index (κ2) is 7.38. The van der Waals surface area contributed by atoms with E-state index in [0.717, 1.165) is 19.6 Å². The Balaban J connectivity index is 2.45. The Morgan fingerprint density at radius 1 is 1.00 bits per heavy atom. The fourth-order valence-electron chi connectivity index (χ4n) is 0.168. The van der Waals surface area contributed by atoms with Crippen molar-refractivity contribution in [1.82, 2.24) is 0 Å². The lowest BCUT2D eigenvalue weighted by molar-refractivity contribution is 0.341. The highest BCUT2D eigenvalue weighted by atomic mass is 127. The van der Waals surface area contributed by atoms with Gasteiger partial charge in [0.15, 0.2) is 0 Å². The van der Waals surface area contributed by atoms with Crippen LogP contribution in [0.3, 0.4) is 0 Å². The van der Waals surface area contributed by atoms with Crippen molar-refractivity contribution in [1.29, 1.82) is 0 Å². The van der Waals surface area contributed by atoms with Crippen molar-refractivity contribution in [3.8, 4) is 0 Å². The normalized spacial score (nSPS) is 9.43. The predicted molar refractivity (Wildman–Crippen MR) is 44.6 cm³/mol. The Hall–Kier alpha value is 1.38. The molecule has 0 heterocycles. The molecule has 0 radical (unpaired) electrons. The van der Waals surface area contributed by atoms with E-state index in [2.05, 4.69) is 0 Å². The molecule has 0 saturated carbocycles. The van der Waals surface area contributed by atoms with Gasteiger partial charge in [-0.25, -0.2) is 0 Å². The van der Waals surface area contributed by atoms with E-state index in [-0.39, 0.29) is 0 Å². The molecule has 0 bridgehead atoms. The van der Waals surface area contributed by atoms with Gasteiger partial charge in [-0.05, 0) is 6.42 Å². The summed E-state index contributed by atoms with van der Waals surface area (Å²) in [4.78, 5) is 0. The Morgan fingerprint density at radius 2 is 1.43 bits per heavy atom. The summed E-state index contributed by atoms with van der Waals surface area (Å²) >= 11 is 3.74. The zero-order chi connectivity index (χ0) is 5.54. The average Bonchev–Trinajstić information content (AvgIpc) is 1.69. The first-order valence-electron chi connectivity index (χ1n) is 1.89. The predicted octanol–water partition coefficient (Wildman–Crippen LogP) is 2.11. The van der Waals surface area contributed by atoms with Gasteiger partial charge in [-0.3, -0.25) is 0 Å². The molecule has 0 atom stereocenters. The van der Waals surface area contributed by atoms with E-state index in [1.54, 1.807) is 0 Å². The highest BCUT2D eigenvalue weighted by Crippen LogP contribution is 1.92. The van der Waals surface area contributed by atoms with Crippen molar-refractivity contribution < 1.29 is 6.13 Å². The largest absolute Gasteiger partial charge is 0.316 e. The highest BCUT2D eigenvalue weighted by molar-refractivity contribution is 14.1. The first-order chi connectivity index (χ1) is 3.41. The van der Waals surface area contributed by atoms with Crippen molar-refractivity contribution >= 4 is 46.0 Å². The first-order valence-corrected chi connectivity index (χ1v) is 3.65. The van der Waals surface area contributed by atoms with Crippen LogP contribution >= 0.6 is 46.0 Å². The summed E-state index contributed by atoms with van der Waals surface area (Å²) in [5.41, 5.74) is 0. The number of hydrogen-bond donors (Lipinski definition) is 0. The molecule has 4 heteroatoms. The third kappa shape index (κ3) is 7.38. The summed E-state index contributed by atoms with van der Waals surface area (Å²) in [6.45, 7) is 1.56. The molecule has 0 unspecified atom stereocenters. The van der Waals surface area contributed by atoms with E-state index in [4.69, 9.17) is 6.13 Å². The summed E-state index contributed by atoms with van der Waals surface area (Å²) in [6.07, 6.45) is 0.978. The van der Waals surface area contributed by atoms with Gasteiger partial charge >= 0.3 is 0 Å². The minimum absolute atomic E-state index is 0.781. The molecule has 44 valence electrons. The number of rotatable bonds is 4. The Bertz CT molecular complexity index is 30.1. The lowest BCUT2D eigenvalue weighted by Crippen LogP contribution is -1.88. The second-order valence-electron chi connectivity index (χ2n) is 0.980.